The Kier molecular flexibility index (Phi) is 3.67. The second-order valence-electron chi connectivity index (χ2n) is 4.65. The van der Waals surface area contributed by atoms with Crippen LogP contribution in [0.3, 0.4) is 0 Å². The summed E-state index contributed by atoms with van der Waals surface area (Å²) >= 11 is 0. The third-order valence-corrected chi connectivity index (χ3v) is 2.71. The zero-order valence-electron chi connectivity index (χ0n) is 9.70. The summed E-state index contributed by atoms with van der Waals surface area (Å²) in [7, 11) is -1.33. The molecule has 80 valence electrons. The Morgan fingerprint density at radius 1 is 1.33 bits per heavy atom. The molecule has 1 unspecified atom stereocenters. The van der Waals surface area contributed by atoms with E-state index in [2.05, 4.69) is 36.1 Å². The molecule has 1 rings (SSSR count). The van der Waals surface area contributed by atoms with Gasteiger partial charge in [0, 0.05) is 6.20 Å². The van der Waals surface area contributed by atoms with Gasteiger partial charge in [-0.15, -0.1) is 5.54 Å². The van der Waals surface area contributed by atoms with Crippen molar-refractivity contribution in [2.75, 3.05) is 0 Å². The van der Waals surface area contributed by atoms with Gasteiger partial charge < -0.3 is 5.11 Å². The topological polar surface area (TPSA) is 33.1 Å². The van der Waals surface area contributed by atoms with E-state index in [-0.39, 0.29) is 0 Å². The lowest BCUT2D eigenvalue weighted by Gasteiger charge is -2.04. The molecular formula is C12H17NOSi. The Bertz CT molecular complexity index is 379. The first-order valence-corrected chi connectivity index (χ1v) is 8.56. The van der Waals surface area contributed by atoms with Crippen LogP contribution in [0, 0.1) is 11.5 Å². The third kappa shape index (κ3) is 4.28. The van der Waals surface area contributed by atoms with Crippen LogP contribution in [0.25, 0.3) is 0 Å². The highest BCUT2D eigenvalue weighted by Crippen LogP contribution is 2.09. The molecule has 1 N–H and O–H groups in total. The molecule has 3 heteroatoms. The van der Waals surface area contributed by atoms with E-state index in [1.165, 1.54) is 0 Å². The van der Waals surface area contributed by atoms with E-state index in [1.54, 1.807) is 13.1 Å². The van der Waals surface area contributed by atoms with Crippen LogP contribution in [-0.2, 0) is 0 Å². The van der Waals surface area contributed by atoms with Crippen molar-refractivity contribution in [1.29, 1.82) is 0 Å². The first-order chi connectivity index (χ1) is 6.88. The fraction of sp³-hybridized carbons (Fsp3) is 0.417. The Labute approximate surface area is 92.4 Å². The fourth-order valence-electron chi connectivity index (χ4n) is 0.978. The fourth-order valence-corrected chi connectivity index (χ4v) is 1.48. The highest BCUT2D eigenvalue weighted by Gasteiger charge is 2.07. The van der Waals surface area contributed by atoms with E-state index < -0.39 is 14.2 Å². The highest BCUT2D eigenvalue weighted by molar-refractivity contribution is 6.83. The molecule has 0 aliphatic carbocycles. The van der Waals surface area contributed by atoms with Crippen LogP contribution in [0.5, 0.6) is 0 Å². The SMILES string of the molecule is CC(O)c1ccc(C#C[Si](C)(C)C)nc1. The molecule has 0 saturated carbocycles. The van der Waals surface area contributed by atoms with Crippen molar-refractivity contribution in [1.82, 2.24) is 4.98 Å². The van der Waals surface area contributed by atoms with Crippen molar-refractivity contribution < 1.29 is 5.11 Å². The maximum Gasteiger partial charge on any atom is 0.129 e. The largest absolute Gasteiger partial charge is 0.389 e. The van der Waals surface area contributed by atoms with Gasteiger partial charge in [0.1, 0.15) is 13.8 Å². The monoisotopic (exact) mass is 219 g/mol. The molecule has 0 amide bonds. The molecule has 1 aromatic rings. The maximum absolute atomic E-state index is 9.30. The predicted molar refractivity (Wildman–Crippen MR) is 65.1 cm³/mol. The minimum absolute atomic E-state index is 0.462. The summed E-state index contributed by atoms with van der Waals surface area (Å²) in [4.78, 5) is 4.19. The first kappa shape index (κ1) is 12.0. The third-order valence-electron chi connectivity index (χ3n) is 1.83. The number of pyridine rings is 1. The zero-order chi connectivity index (χ0) is 11.5. The van der Waals surface area contributed by atoms with Crippen molar-refractivity contribution in [2.24, 2.45) is 0 Å². The molecule has 1 aromatic heterocycles. The average Bonchev–Trinajstić information content (AvgIpc) is 2.14. The first-order valence-electron chi connectivity index (χ1n) is 5.06. The van der Waals surface area contributed by atoms with Gasteiger partial charge in [-0.3, -0.25) is 0 Å². The Hall–Kier alpha value is -1.11. The smallest absolute Gasteiger partial charge is 0.129 e. The lowest BCUT2D eigenvalue weighted by Crippen LogP contribution is -2.16. The summed E-state index contributed by atoms with van der Waals surface area (Å²) in [6, 6.07) is 3.72. The second-order valence-corrected chi connectivity index (χ2v) is 9.40. The van der Waals surface area contributed by atoms with Crippen molar-refractivity contribution in [3.05, 3.63) is 29.6 Å². The molecule has 1 heterocycles. The van der Waals surface area contributed by atoms with E-state index in [9.17, 15) is 5.11 Å². The minimum Gasteiger partial charge on any atom is -0.389 e. The number of aromatic nitrogens is 1. The van der Waals surface area contributed by atoms with Crippen molar-refractivity contribution >= 4 is 8.07 Å². The maximum atomic E-state index is 9.30. The van der Waals surface area contributed by atoms with E-state index in [4.69, 9.17) is 0 Å². The number of aliphatic hydroxyl groups excluding tert-OH is 1. The van der Waals surface area contributed by atoms with Gasteiger partial charge in [0.25, 0.3) is 0 Å². The molecule has 0 aliphatic heterocycles. The summed E-state index contributed by atoms with van der Waals surface area (Å²) in [5.41, 5.74) is 4.86. The van der Waals surface area contributed by atoms with Crippen LogP contribution in [0.4, 0.5) is 0 Å². The highest BCUT2D eigenvalue weighted by atomic mass is 28.3. The van der Waals surface area contributed by atoms with Crippen molar-refractivity contribution in [2.45, 2.75) is 32.7 Å². The quantitative estimate of drug-likeness (QED) is 0.581. The van der Waals surface area contributed by atoms with Gasteiger partial charge in [-0.2, -0.15) is 0 Å². The van der Waals surface area contributed by atoms with Crippen LogP contribution < -0.4 is 0 Å². The molecule has 0 saturated heterocycles. The summed E-state index contributed by atoms with van der Waals surface area (Å²) in [5.74, 6) is 3.07. The van der Waals surface area contributed by atoms with Gasteiger partial charge in [-0.1, -0.05) is 31.6 Å². The summed E-state index contributed by atoms with van der Waals surface area (Å²) in [6.07, 6.45) is 1.22. The molecule has 1 atom stereocenters. The molecule has 0 fully saturated rings. The number of aliphatic hydroxyl groups is 1. The van der Waals surface area contributed by atoms with Gasteiger partial charge in [0.15, 0.2) is 0 Å². The van der Waals surface area contributed by atoms with Crippen LogP contribution in [0.1, 0.15) is 24.3 Å². The standard InChI is InChI=1S/C12H17NOSi/c1-10(14)11-5-6-12(13-9-11)7-8-15(2,3)4/h5-6,9-10,14H,1-4H3. The molecule has 0 aromatic carbocycles. The molecule has 2 nitrogen and oxygen atoms in total. The Morgan fingerprint density at radius 3 is 2.40 bits per heavy atom. The average molecular weight is 219 g/mol. The number of hydrogen-bond acceptors (Lipinski definition) is 2. The van der Waals surface area contributed by atoms with Crippen LogP contribution in [0.2, 0.25) is 19.6 Å². The minimum atomic E-state index is -1.33. The normalized spacial score (nSPS) is 12.9. The van der Waals surface area contributed by atoms with E-state index >= 15 is 0 Å². The van der Waals surface area contributed by atoms with Gasteiger partial charge in [-0.25, -0.2) is 4.98 Å². The Balaban J connectivity index is 2.85. The predicted octanol–water partition coefficient (Wildman–Crippen LogP) is 2.36. The van der Waals surface area contributed by atoms with E-state index in [0.29, 0.717) is 0 Å². The molecule has 15 heavy (non-hydrogen) atoms. The molecule has 0 radical (unpaired) electrons. The molecule has 0 bridgehead atoms. The second kappa shape index (κ2) is 4.60. The molecule has 0 aliphatic rings. The summed E-state index contributed by atoms with van der Waals surface area (Å²) in [5, 5.41) is 9.30. The van der Waals surface area contributed by atoms with Crippen molar-refractivity contribution in [3.8, 4) is 11.5 Å². The lowest BCUT2D eigenvalue weighted by molar-refractivity contribution is 0.199. The number of hydrogen-bond donors (Lipinski definition) is 1. The van der Waals surface area contributed by atoms with E-state index in [1.807, 2.05) is 12.1 Å². The number of nitrogens with zero attached hydrogens (tertiary/aromatic N) is 1. The zero-order valence-corrected chi connectivity index (χ0v) is 10.7. The summed E-state index contributed by atoms with van der Waals surface area (Å²) in [6.45, 7) is 8.32. The van der Waals surface area contributed by atoms with Crippen LogP contribution in [0.15, 0.2) is 18.3 Å². The molecule has 0 spiro atoms. The van der Waals surface area contributed by atoms with Gasteiger partial charge in [0.05, 0.1) is 6.10 Å². The van der Waals surface area contributed by atoms with Gasteiger partial charge in [-0.05, 0) is 18.6 Å². The van der Waals surface area contributed by atoms with E-state index in [0.717, 1.165) is 11.3 Å². The van der Waals surface area contributed by atoms with Crippen molar-refractivity contribution in [3.63, 3.8) is 0 Å². The molecular weight excluding hydrogens is 202 g/mol. The van der Waals surface area contributed by atoms with Crippen LogP contribution >= 0.6 is 0 Å². The van der Waals surface area contributed by atoms with Gasteiger partial charge >= 0.3 is 0 Å². The van der Waals surface area contributed by atoms with Gasteiger partial charge in [0.2, 0.25) is 0 Å². The van der Waals surface area contributed by atoms with Crippen LogP contribution in [-0.4, -0.2) is 18.2 Å². The number of rotatable bonds is 1. The Morgan fingerprint density at radius 2 is 2.00 bits per heavy atom. The lowest BCUT2D eigenvalue weighted by atomic mass is 10.2. The summed E-state index contributed by atoms with van der Waals surface area (Å²) < 4.78 is 0.